The number of Topliss-reactive ketones (excluding diaryl/α,β-unsaturated/α-hetero) is 1. The maximum absolute atomic E-state index is 12.9. The minimum absolute atomic E-state index is 0.0536. The fraction of sp³-hybridized carbons (Fsp3) is 0.579. The number of rotatable bonds is 10. The molecule has 0 radical (unpaired) electrons. The van der Waals surface area contributed by atoms with E-state index in [4.69, 9.17) is 0 Å². The van der Waals surface area contributed by atoms with E-state index in [1.54, 1.807) is 0 Å². The molecule has 0 spiro atoms. The van der Waals surface area contributed by atoms with Crippen LogP contribution in [-0.4, -0.2) is 41.4 Å². The number of benzene rings is 1. The van der Waals surface area contributed by atoms with Gasteiger partial charge in [-0.3, -0.25) is 9.59 Å². The van der Waals surface area contributed by atoms with Gasteiger partial charge in [-0.15, -0.1) is 0 Å². The van der Waals surface area contributed by atoms with Crippen LogP contribution >= 0.6 is 0 Å². The highest BCUT2D eigenvalue weighted by molar-refractivity contribution is 6.00. The molecule has 4 heteroatoms. The number of aliphatic carboxylic acids is 1. The molecular weight excluding hydrogens is 290 g/mol. The Morgan fingerprint density at radius 1 is 1.13 bits per heavy atom. The molecule has 23 heavy (non-hydrogen) atoms. The summed E-state index contributed by atoms with van der Waals surface area (Å²) in [5, 5.41) is 9.20. The smallest absolute Gasteiger partial charge is 0.304 e. The summed E-state index contributed by atoms with van der Waals surface area (Å²) in [6.45, 7) is 10.4. The van der Waals surface area contributed by atoms with Crippen LogP contribution in [0.1, 0.15) is 54.6 Å². The second-order valence-corrected chi connectivity index (χ2v) is 6.28. The van der Waals surface area contributed by atoms with E-state index in [-0.39, 0.29) is 12.2 Å². The molecule has 4 nitrogen and oxygen atoms in total. The van der Waals surface area contributed by atoms with Gasteiger partial charge in [0.1, 0.15) is 0 Å². The Kier molecular flexibility index (Phi) is 7.96. The summed E-state index contributed by atoms with van der Waals surface area (Å²) in [7, 11) is 0. The Hall–Kier alpha value is -1.68. The topological polar surface area (TPSA) is 57.6 Å². The van der Waals surface area contributed by atoms with E-state index in [1.165, 1.54) is 0 Å². The molecule has 128 valence electrons. The second-order valence-electron chi connectivity index (χ2n) is 6.28. The molecule has 0 heterocycles. The predicted molar refractivity (Wildman–Crippen MR) is 93.0 cm³/mol. The maximum Gasteiger partial charge on any atom is 0.304 e. The third-order valence-electron chi connectivity index (χ3n) is 4.00. The molecule has 0 amide bonds. The quantitative estimate of drug-likeness (QED) is 0.668. The van der Waals surface area contributed by atoms with Crippen LogP contribution in [-0.2, 0) is 4.79 Å². The Morgan fingerprint density at radius 2 is 1.74 bits per heavy atom. The van der Waals surface area contributed by atoms with Crippen LogP contribution < -0.4 is 0 Å². The lowest BCUT2D eigenvalue weighted by Gasteiger charge is -2.26. The van der Waals surface area contributed by atoms with E-state index in [0.717, 1.165) is 37.1 Å². The lowest BCUT2D eigenvalue weighted by molar-refractivity contribution is -0.137. The number of hydrogen-bond donors (Lipinski definition) is 1. The van der Waals surface area contributed by atoms with Crippen molar-refractivity contribution in [3.05, 3.63) is 34.9 Å². The van der Waals surface area contributed by atoms with E-state index >= 15 is 0 Å². The van der Waals surface area contributed by atoms with Gasteiger partial charge >= 0.3 is 5.97 Å². The van der Waals surface area contributed by atoms with Gasteiger partial charge in [0.25, 0.3) is 0 Å². The fourth-order valence-electron chi connectivity index (χ4n) is 3.00. The Morgan fingerprint density at radius 3 is 2.22 bits per heavy atom. The van der Waals surface area contributed by atoms with Gasteiger partial charge in [0.15, 0.2) is 5.78 Å². The highest BCUT2D eigenvalue weighted by Gasteiger charge is 2.26. The van der Waals surface area contributed by atoms with Crippen molar-refractivity contribution in [2.75, 3.05) is 19.6 Å². The van der Waals surface area contributed by atoms with Gasteiger partial charge < -0.3 is 10.0 Å². The molecule has 0 aromatic heterocycles. The summed E-state index contributed by atoms with van der Waals surface area (Å²) in [4.78, 5) is 26.3. The zero-order valence-corrected chi connectivity index (χ0v) is 14.8. The SMILES string of the molecule is CCCN(CCC)CC(CC(=O)O)C(=O)c1ccc(C)cc1C. The number of carbonyl (C=O) groups excluding carboxylic acids is 1. The van der Waals surface area contributed by atoms with Gasteiger partial charge in [-0.25, -0.2) is 0 Å². The van der Waals surface area contributed by atoms with Crippen molar-refractivity contribution in [3.8, 4) is 0 Å². The minimum Gasteiger partial charge on any atom is -0.481 e. The second kappa shape index (κ2) is 9.46. The minimum atomic E-state index is -0.916. The van der Waals surface area contributed by atoms with Crippen LogP contribution in [0.2, 0.25) is 0 Å². The van der Waals surface area contributed by atoms with Gasteiger partial charge in [-0.1, -0.05) is 37.6 Å². The summed E-state index contributed by atoms with van der Waals surface area (Å²) in [6.07, 6.45) is 1.88. The van der Waals surface area contributed by atoms with Gasteiger partial charge in [0.05, 0.1) is 6.42 Å². The molecule has 1 N–H and O–H groups in total. The van der Waals surface area contributed by atoms with Crippen molar-refractivity contribution in [1.82, 2.24) is 4.90 Å². The molecule has 1 rings (SSSR count). The monoisotopic (exact) mass is 319 g/mol. The van der Waals surface area contributed by atoms with E-state index in [9.17, 15) is 14.7 Å². The number of aryl methyl sites for hydroxylation is 2. The van der Waals surface area contributed by atoms with E-state index in [2.05, 4.69) is 18.7 Å². The number of hydrogen-bond acceptors (Lipinski definition) is 3. The van der Waals surface area contributed by atoms with Gasteiger partial charge in [-0.2, -0.15) is 0 Å². The van der Waals surface area contributed by atoms with Gasteiger partial charge in [0, 0.05) is 18.0 Å². The predicted octanol–water partition coefficient (Wildman–Crippen LogP) is 3.70. The number of nitrogens with zero attached hydrogens (tertiary/aromatic N) is 1. The first-order chi connectivity index (χ1) is 10.9. The van der Waals surface area contributed by atoms with Crippen LogP contribution in [0.5, 0.6) is 0 Å². The molecule has 0 saturated carbocycles. The molecule has 0 aliphatic heterocycles. The van der Waals surface area contributed by atoms with Gasteiger partial charge in [-0.05, 0) is 45.3 Å². The number of carboxylic acid groups (broad SMARTS) is 1. The highest BCUT2D eigenvalue weighted by atomic mass is 16.4. The first-order valence-electron chi connectivity index (χ1n) is 8.44. The van der Waals surface area contributed by atoms with Crippen LogP contribution in [0.4, 0.5) is 0 Å². The summed E-state index contributed by atoms with van der Waals surface area (Å²) >= 11 is 0. The molecule has 0 saturated heterocycles. The first kappa shape index (κ1) is 19.4. The largest absolute Gasteiger partial charge is 0.481 e. The van der Waals surface area contributed by atoms with E-state index in [1.807, 2.05) is 32.0 Å². The average Bonchev–Trinajstić information content (AvgIpc) is 2.46. The van der Waals surface area contributed by atoms with Crippen molar-refractivity contribution in [1.29, 1.82) is 0 Å². The molecule has 0 aliphatic rings. The van der Waals surface area contributed by atoms with Gasteiger partial charge in [0.2, 0.25) is 0 Å². The summed E-state index contributed by atoms with van der Waals surface area (Å²) in [5.41, 5.74) is 2.67. The molecule has 0 bridgehead atoms. The third-order valence-corrected chi connectivity index (χ3v) is 4.00. The van der Waals surface area contributed by atoms with E-state index in [0.29, 0.717) is 12.1 Å². The third kappa shape index (κ3) is 6.14. The van der Waals surface area contributed by atoms with Crippen LogP contribution in [0.15, 0.2) is 18.2 Å². The summed E-state index contributed by atoms with van der Waals surface area (Å²) in [5.74, 6) is -1.46. The van der Waals surface area contributed by atoms with Crippen LogP contribution in [0, 0.1) is 19.8 Å². The van der Waals surface area contributed by atoms with Crippen LogP contribution in [0.3, 0.4) is 0 Å². The Labute approximate surface area is 139 Å². The summed E-state index contributed by atoms with van der Waals surface area (Å²) in [6, 6.07) is 5.71. The van der Waals surface area contributed by atoms with Crippen LogP contribution in [0.25, 0.3) is 0 Å². The zero-order valence-electron chi connectivity index (χ0n) is 14.8. The van der Waals surface area contributed by atoms with Crippen molar-refractivity contribution in [2.24, 2.45) is 5.92 Å². The molecule has 0 aliphatic carbocycles. The first-order valence-corrected chi connectivity index (χ1v) is 8.44. The standard InChI is InChI=1S/C19H29NO3/c1-5-9-20(10-6-2)13-16(12-18(21)22)19(23)17-8-7-14(3)11-15(17)4/h7-8,11,16H,5-6,9-10,12-13H2,1-4H3,(H,21,22). The molecule has 1 aromatic rings. The summed E-state index contributed by atoms with van der Waals surface area (Å²) < 4.78 is 0. The highest BCUT2D eigenvalue weighted by Crippen LogP contribution is 2.19. The van der Waals surface area contributed by atoms with Crippen molar-refractivity contribution in [3.63, 3.8) is 0 Å². The van der Waals surface area contributed by atoms with Crippen molar-refractivity contribution < 1.29 is 14.7 Å². The van der Waals surface area contributed by atoms with Crippen molar-refractivity contribution in [2.45, 2.75) is 47.0 Å². The lowest BCUT2D eigenvalue weighted by atomic mass is 9.90. The molecule has 1 atom stereocenters. The lowest BCUT2D eigenvalue weighted by Crippen LogP contribution is -2.35. The normalized spacial score (nSPS) is 12.4. The number of carbonyl (C=O) groups is 2. The van der Waals surface area contributed by atoms with Crippen molar-refractivity contribution >= 4 is 11.8 Å². The maximum atomic E-state index is 12.9. The number of ketones is 1. The van der Waals surface area contributed by atoms with E-state index < -0.39 is 11.9 Å². The average molecular weight is 319 g/mol. The molecule has 1 aromatic carbocycles. The Balaban J connectivity index is 2.99. The fourth-order valence-corrected chi connectivity index (χ4v) is 3.00. The molecule has 1 unspecified atom stereocenters. The zero-order chi connectivity index (χ0) is 17.4. The number of carboxylic acids is 1. The Bertz CT molecular complexity index is 533. The molecular formula is C19H29NO3. The molecule has 0 fully saturated rings.